The van der Waals surface area contributed by atoms with E-state index in [1.165, 1.54) is 13.2 Å². The van der Waals surface area contributed by atoms with Crippen molar-refractivity contribution in [1.29, 1.82) is 0 Å². The van der Waals surface area contributed by atoms with Crippen molar-refractivity contribution in [2.45, 2.75) is 37.4 Å². The van der Waals surface area contributed by atoms with Gasteiger partial charge in [0.25, 0.3) is 0 Å². The summed E-state index contributed by atoms with van der Waals surface area (Å²) in [5, 5.41) is 18.9. The molecule has 0 heterocycles. The summed E-state index contributed by atoms with van der Waals surface area (Å²) in [6.07, 6.45) is 1.78. The van der Waals surface area contributed by atoms with Crippen LogP contribution in [0.1, 0.15) is 37.2 Å². The minimum atomic E-state index is -1.57. The Morgan fingerprint density at radius 2 is 1.94 bits per heavy atom. The van der Waals surface area contributed by atoms with E-state index < -0.39 is 5.79 Å². The van der Waals surface area contributed by atoms with Gasteiger partial charge in [-0.2, -0.15) is 0 Å². The molecular weight excluding hydrogens is 223 g/mol. The van der Waals surface area contributed by atoms with E-state index in [0.29, 0.717) is 37.0 Å². The lowest BCUT2D eigenvalue weighted by atomic mass is 9.81. The van der Waals surface area contributed by atoms with Crippen molar-refractivity contribution in [3.63, 3.8) is 0 Å². The zero-order chi connectivity index (χ0) is 12.5. The highest BCUT2D eigenvalue weighted by atomic mass is 19.1. The van der Waals surface area contributed by atoms with Crippen molar-refractivity contribution in [2.24, 2.45) is 0 Å². The van der Waals surface area contributed by atoms with Crippen LogP contribution in [0.25, 0.3) is 0 Å². The van der Waals surface area contributed by atoms with Crippen LogP contribution in [0.2, 0.25) is 0 Å². The van der Waals surface area contributed by atoms with Crippen molar-refractivity contribution in [2.75, 3.05) is 7.11 Å². The van der Waals surface area contributed by atoms with E-state index in [1.807, 2.05) is 0 Å². The lowest BCUT2D eigenvalue weighted by Gasteiger charge is -2.32. The molecular formula is C13H17FO3. The lowest BCUT2D eigenvalue weighted by molar-refractivity contribution is -0.182. The number of hydrogen-bond donors (Lipinski definition) is 2. The Balaban J connectivity index is 2.13. The SMILES string of the molecule is COc1ccc(C2CCC(O)(O)CC2)c(F)c1. The molecule has 1 aliphatic rings. The third kappa shape index (κ3) is 2.76. The lowest BCUT2D eigenvalue weighted by Crippen LogP contribution is -2.32. The van der Waals surface area contributed by atoms with Gasteiger partial charge in [-0.25, -0.2) is 4.39 Å². The number of methoxy groups -OCH3 is 1. The largest absolute Gasteiger partial charge is 0.497 e. The van der Waals surface area contributed by atoms with E-state index in [9.17, 15) is 14.6 Å². The second-order valence-corrected chi connectivity index (χ2v) is 4.64. The van der Waals surface area contributed by atoms with Gasteiger partial charge < -0.3 is 14.9 Å². The van der Waals surface area contributed by atoms with Gasteiger partial charge in [-0.05, 0) is 30.4 Å². The van der Waals surface area contributed by atoms with Crippen molar-refractivity contribution in [1.82, 2.24) is 0 Å². The zero-order valence-corrected chi connectivity index (χ0v) is 9.82. The minimum absolute atomic E-state index is 0.0633. The smallest absolute Gasteiger partial charge is 0.162 e. The molecule has 0 spiro atoms. The fourth-order valence-electron chi connectivity index (χ4n) is 2.36. The Bertz CT molecular complexity index is 394. The average Bonchev–Trinajstić information content (AvgIpc) is 2.29. The summed E-state index contributed by atoms with van der Waals surface area (Å²) >= 11 is 0. The molecule has 2 rings (SSSR count). The molecule has 1 saturated carbocycles. The molecule has 17 heavy (non-hydrogen) atoms. The monoisotopic (exact) mass is 240 g/mol. The number of aliphatic hydroxyl groups is 2. The molecule has 0 saturated heterocycles. The third-order valence-electron chi connectivity index (χ3n) is 3.43. The molecule has 0 bridgehead atoms. The summed E-state index contributed by atoms with van der Waals surface area (Å²) in [7, 11) is 1.50. The predicted octanol–water partition coefficient (Wildman–Crippen LogP) is 2.17. The van der Waals surface area contributed by atoms with Gasteiger partial charge >= 0.3 is 0 Å². The molecule has 0 amide bonds. The Hall–Kier alpha value is -1.13. The minimum Gasteiger partial charge on any atom is -0.497 e. The van der Waals surface area contributed by atoms with E-state index in [2.05, 4.69) is 0 Å². The molecule has 0 aliphatic heterocycles. The predicted molar refractivity (Wildman–Crippen MR) is 61.3 cm³/mol. The van der Waals surface area contributed by atoms with Crippen molar-refractivity contribution in [3.8, 4) is 5.75 Å². The van der Waals surface area contributed by atoms with Gasteiger partial charge in [-0.1, -0.05) is 6.07 Å². The second kappa shape index (κ2) is 4.63. The molecule has 1 aliphatic carbocycles. The van der Waals surface area contributed by atoms with Crippen molar-refractivity contribution < 1.29 is 19.3 Å². The topological polar surface area (TPSA) is 49.7 Å². The highest BCUT2D eigenvalue weighted by Gasteiger charge is 2.32. The summed E-state index contributed by atoms with van der Waals surface area (Å²) in [5.41, 5.74) is 0.640. The van der Waals surface area contributed by atoms with E-state index in [-0.39, 0.29) is 11.7 Å². The molecule has 4 heteroatoms. The standard InChI is InChI=1S/C13H17FO3/c1-17-10-2-3-11(12(14)8-10)9-4-6-13(15,16)7-5-9/h2-3,8-9,15-16H,4-7H2,1H3. The van der Waals surface area contributed by atoms with Crippen LogP contribution in [0.5, 0.6) is 5.75 Å². The Labute approximate surface area is 99.8 Å². The third-order valence-corrected chi connectivity index (χ3v) is 3.43. The first-order valence-electron chi connectivity index (χ1n) is 5.80. The first kappa shape index (κ1) is 12.3. The van der Waals surface area contributed by atoms with Gasteiger partial charge in [0.2, 0.25) is 0 Å². The van der Waals surface area contributed by atoms with Crippen LogP contribution in [0.15, 0.2) is 18.2 Å². The highest BCUT2D eigenvalue weighted by molar-refractivity contribution is 5.31. The molecule has 94 valence electrons. The molecule has 0 unspecified atom stereocenters. The quantitative estimate of drug-likeness (QED) is 0.779. The molecule has 1 aromatic carbocycles. The van der Waals surface area contributed by atoms with Crippen LogP contribution in [0, 0.1) is 5.82 Å². The van der Waals surface area contributed by atoms with Crippen LogP contribution in [0.3, 0.4) is 0 Å². The maximum absolute atomic E-state index is 13.8. The number of rotatable bonds is 2. The Morgan fingerprint density at radius 3 is 2.47 bits per heavy atom. The number of benzene rings is 1. The van der Waals surface area contributed by atoms with Gasteiger partial charge in [0.05, 0.1) is 7.11 Å². The summed E-state index contributed by atoms with van der Waals surface area (Å²) in [6, 6.07) is 4.83. The van der Waals surface area contributed by atoms with Gasteiger partial charge in [0.15, 0.2) is 5.79 Å². The molecule has 0 radical (unpaired) electrons. The maximum atomic E-state index is 13.8. The zero-order valence-electron chi connectivity index (χ0n) is 9.82. The summed E-state index contributed by atoms with van der Waals surface area (Å²) in [5.74, 6) is -1.29. The van der Waals surface area contributed by atoms with E-state index >= 15 is 0 Å². The number of ether oxygens (including phenoxy) is 1. The van der Waals surface area contributed by atoms with E-state index in [0.717, 1.165) is 0 Å². The highest BCUT2D eigenvalue weighted by Crippen LogP contribution is 2.38. The average molecular weight is 240 g/mol. The first-order chi connectivity index (χ1) is 8.02. The molecule has 0 atom stereocenters. The van der Waals surface area contributed by atoms with Crippen LogP contribution in [0.4, 0.5) is 4.39 Å². The summed E-state index contributed by atoms with van der Waals surface area (Å²) in [4.78, 5) is 0. The van der Waals surface area contributed by atoms with Crippen LogP contribution in [-0.4, -0.2) is 23.1 Å². The number of halogens is 1. The second-order valence-electron chi connectivity index (χ2n) is 4.64. The van der Waals surface area contributed by atoms with Gasteiger partial charge in [0, 0.05) is 18.9 Å². The fourth-order valence-corrected chi connectivity index (χ4v) is 2.36. The summed E-state index contributed by atoms with van der Waals surface area (Å²) < 4.78 is 18.8. The van der Waals surface area contributed by atoms with Crippen LogP contribution >= 0.6 is 0 Å². The van der Waals surface area contributed by atoms with Gasteiger partial charge in [-0.15, -0.1) is 0 Å². The van der Waals surface area contributed by atoms with Crippen LogP contribution in [-0.2, 0) is 0 Å². The Morgan fingerprint density at radius 1 is 1.29 bits per heavy atom. The fraction of sp³-hybridized carbons (Fsp3) is 0.538. The normalized spacial score (nSPS) is 20.2. The summed E-state index contributed by atoms with van der Waals surface area (Å²) in [6.45, 7) is 0. The molecule has 0 aromatic heterocycles. The number of hydrogen-bond acceptors (Lipinski definition) is 3. The maximum Gasteiger partial charge on any atom is 0.162 e. The first-order valence-corrected chi connectivity index (χ1v) is 5.80. The molecule has 1 aromatic rings. The Kier molecular flexibility index (Phi) is 3.35. The molecule has 1 fully saturated rings. The van der Waals surface area contributed by atoms with Crippen LogP contribution < -0.4 is 4.74 Å². The van der Waals surface area contributed by atoms with Crippen molar-refractivity contribution >= 4 is 0 Å². The van der Waals surface area contributed by atoms with Gasteiger partial charge in [-0.3, -0.25) is 0 Å². The molecule has 2 N–H and O–H groups in total. The van der Waals surface area contributed by atoms with Gasteiger partial charge in [0.1, 0.15) is 11.6 Å². The van der Waals surface area contributed by atoms with E-state index in [4.69, 9.17) is 4.74 Å². The molecule has 3 nitrogen and oxygen atoms in total. The van der Waals surface area contributed by atoms with Crippen molar-refractivity contribution in [3.05, 3.63) is 29.6 Å². The van der Waals surface area contributed by atoms with E-state index in [1.54, 1.807) is 12.1 Å².